The molecule has 1 unspecified atom stereocenters. The van der Waals surface area contributed by atoms with E-state index >= 15 is 0 Å². The molecule has 3 rings (SSSR count). The summed E-state index contributed by atoms with van der Waals surface area (Å²) in [6.45, 7) is 4.28. The zero-order chi connectivity index (χ0) is 13.9. The SMILES string of the molecule is COCC1CN(Cc2cnn(C)c2)Cc2ncnn2C1. The lowest BCUT2D eigenvalue weighted by molar-refractivity contribution is 0.114. The summed E-state index contributed by atoms with van der Waals surface area (Å²) in [6, 6.07) is 0. The smallest absolute Gasteiger partial charge is 0.141 e. The van der Waals surface area contributed by atoms with Crippen molar-refractivity contribution in [2.75, 3.05) is 20.3 Å². The van der Waals surface area contributed by atoms with E-state index in [1.165, 1.54) is 5.56 Å². The lowest BCUT2D eigenvalue weighted by Gasteiger charge is -2.22. The van der Waals surface area contributed by atoms with Crippen LogP contribution in [0.25, 0.3) is 0 Å². The summed E-state index contributed by atoms with van der Waals surface area (Å²) in [5, 5.41) is 8.53. The molecule has 1 aliphatic rings. The minimum atomic E-state index is 0.430. The Hall–Kier alpha value is -1.73. The van der Waals surface area contributed by atoms with Crippen LogP contribution in [0.2, 0.25) is 0 Å². The number of nitrogens with zero attached hydrogens (tertiary/aromatic N) is 6. The van der Waals surface area contributed by atoms with Gasteiger partial charge in [-0.3, -0.25) is 9.58 Å². The van der Waals surface area contributed by atoms with Crippen LogP contribution in [0.15, 0.2) is 18.7 Å². The van der Waals surface area contributed by atoms with E-state index in [-0.39, 0.29) is 0 Å². The van der Waals surface area contributed by atoms with Gasteiger partial charge in [0.15, 0.2) is 0 Å². The first-order valence-electron chi connectivity index (χ1n) is 6.80. The van der Waals surface area contributed by atoms with Gasteiger partial charge in [-0.2, -0.15) is 10.2 Å². The Morgan fingerprint density at radius 3 is 3.00 bits per heavy atom. The van der Waals surface area contributed by atoms with Crippen molar-refractivity contribution in [2.24, 2.45) is 13.0 Å². The molecule has 0 bridgehead atoms. The summed E-state index contributed by atoms with van der Waals surface area (Å²) in [4.78, 5) is 6.74. The van der Waals surface area contributed by atoms with Crippen LogP contribution in [0.1, 0.15) is 11.4 Å². The van der Waals surface area contributed by atoms with E-state index in [9.17, 15) is 0 Å². The third-order valence-electron chi connectivity index (χ3n) is 3.58. The molecule has 1 atom stereocenters. The van der Waals surface area contributed by atoms with Crippen molar-refractivity contribution in [2.45, 2.75) is 19.6 Å². The molecule has 0 fully saturated rings. The van der Waals surface area contributed by atoms with Gasteiger partial charge in [0.1, 0.15) is 12.2 Å². The van der Waals surface area contributed by atoms with Gasteiger partial charge in [0.25, 0.3) is 0 Å². The van der Waals surface area contributed by atoms with E-state index in [0.717, 1.165) is 38.6 Å². The van der Waals surface area contributed by atoms with Crippen molar-refractivity contribution in [1.82, 2.24) is 29.4 Å². The number of ether oxygens (including phenoxy) is 1. The van der Waals surface area contributed by atoms with Crippen LogP contribution in [-0.2, 0) is 31.4 Å². The van der Waals surface area contributed by atoms with E-state index in [0.29, 0.717) is 5.92 Å². The minimum absolute atomic E-state index is 0.430. The average Bonchev–Trinajstić information content (AvgIpc) is 2.96. The molecule has 7 nitrogen and oxygen atoms in total. The second-order valence-corrected chi connectivity index (χ2v) is 5.37. The second-order valence-electron chi connectivity index (χ2n) is 5.37. The highest BCUT2D eigenvalue weighted by molar-refractivity contribution is 5.04. The van der Waals surface area contributed by atoms with Gasteiger partial charge in [-0.05, 0) is 0 Å². The van der Waals surface area contributed by atoms with E-state index in [1.54, 1.807) is 13.4 Å². The largest absolute Gasteiger partial charge is 0.384 e. The van der Waals surface area contributed by atoms with E-state index < -0.39 is 0 Å². The molecule has 0 saturated heterocycles. The van der Waals surface area contributed by atoms with Gasteiger partial charge in [-0.15, -0.1) is 0 Å². The number of hydrogen-bond donors (Lipinski definition) is 0. The standard InChI is InChI=1S/C13H20N6O/c1-17-4-11(3-15-17)5-18-6-12(9-20-2)7-19-13(8-18)14-10-16-19/h3-4,10,12H,5-9H2,1-2H3. The highest BCUT2D eigenvalue weighted by Gasteiger charge is 2.23. The Morgan fingerprint density at radius 1 is 1.35 bits per heavy atom. The third-order valence-corrected chi connectivity index (χ3v) is 3.58. The third kappa shape index (κ3) is 2.88. The Balaban J connectivity index is 1.76. The summed E-state index contributed by atoms with van der Waals surface area (Å²) in [5.41, 5.74) is 1.22. The summed E-state index contributed by atoms with van der Waals surface area (Å²) < 4.78 is 9.16. The van der Waals surface area contributed by atoms with Crippen LogP contribution < -0.4 is 0 Å². The lowest BCUT2D eigenvalue weighted by atomic mass is 10.1. The van der Waals surface area contributed by atoms with Crippen LogP contribution in [0.3, 0.4) is 0 Å². The fourth-order valence-corrected chi connectivity index (χ4v) is 2.77. The van der Waals surface area contributed by atoms with E-state index in [1.807, 2.05) is 22.6 Å². The van der Waals surface area contributed by atoms with Crippen molar-refractivity contribution in [3.63, 3.8) is 0 Å². The number of fused-ring (bicyclic) bond motifs is 1. The first-order chi connectivity index (χ1) is 9.74. The Kier molecular flexibility index (Phi) is 3.79. The molecule has 0 N–H and O–H groups in total. The van der Waals surface area contributed by atoms with Crippen molar-refractivity contribution >= 4 is 0 Å². The molecule has 0 aromatic carbocycles. The molecule has 0 aliphatic carbocycles. The maximum atomic E-state index is 5.33. The summed E-state index contributed by atoms with van der Waals surface area (Å²) in [5.74, 6) is 1.45. The Labute approximate surface area is 118 Å². The number of aryl methyl sites for hydroxylation is 1. The first-order valence-corrected chi connectivity index (χ1v) is 6.80. The predicted octanol–water partition coefficient (Wildman–Crippen LogP) is 0.290. The summed E-state index contributed by atoms with van der Waals surface area (Å²) in [6.07, 6.45) is 5.61. The van der Waals surface area contributed by atoms with Gasteiger partial charge in [0.2, 0.25) is 0 Å². The predicted molar refractivity (Wildman–Crippen MR) is 72.7 cm³/mol. The van der Waals surface area contributed by atoms with Crippen molar-refractivity contribution in [3.05, 3.63) is 30.1 Å². The van der Waals surface area contributed by atoms with Crippen LogP contribution >= 0.6 is 0 Å². The first kappa shape index (κ1) is 13.3. The average molecular weight is 276 g/mol. The molecule has 20 heavy (non-hydrogen) atoms. The molecule has 2 aromatic rings. The molecule has 0 spiro atoms. The van der Waals surface area contributed by atoms with Crippen LogP contribution in [-0.4, -0.2) is 49.7 Å². The van der Waals surface area contributed by atoms with Crippen LogP contribution in [0.4, 0.5) is 0 Å². The molecule has 0 amide bonds. The number of hydrogen-bond acceptors (Lipinski definition) is 5. The molecular weight excluding hydrogens is 256 g/mol. The molecule has 3 heterocycles. The van der Waals surface area contributed by atoms with Gasteiger partial charge < -0.3 is 4.74 Å². The monoisotopic (exact) mass is 276 g/mol. The molecular formula is C13H20N6O. The number of methoxy groups -OCH3 is 1. The second kappa shape index (κ2) is 5.72. The highest BCUT2D eigenvalue weighted by atomic mass is 16.5. The lowest BCUT2D eigenvalue weighted by Crippen LogP contribution is -2.29. The molecule has 1 aliphatic heterocycles. The Bertz CT molecular complexity index is 563. The van der Waals surface area contributed by atoms with Crippen LogP contribution in [0, 0.1) is 5.92 Å². The van der Waals surface area contributed by atoms with Crippen molar-refractivity contribution in [3.8, 4) is 0 Å². The molecule has 7 heteroatoms. The van der Waals surface area contributed by atoms with Gasteiger partial charge in [-0.1, -0.05) is 0 Å². The summed E-state index contributed by atoms with van der Waals surface area (Å²) >= 11 is 0. The topological polar surface area (TPSA) is 61.0 Å². The van der Waals surface area contributed by atoms with Crippen molar-refractivity contribution < 1.29 is 4.74 Å². The zero-order valence-electron chi connectivity index (χ0n) is 11.9. The summed E-state index contributed by atoms with van der Waals surface area (Å²) in [7, 11) is 3.69. The number of rotatable bonds is 4. The van der Waals surface area contributed by atoms with Gasteiger partial charge in [-0.25, -0.2) is 9.67 Å². The van der Waals surface area contributed by atoms with Crippen LogP contribution in [0.5, 0.6) is 0 Å². The normalized spacial score (nSPS) is 19.8. The molecule has 108 valence electrons. The van der Waals surface area contributed by atoms with Gasteiger partial charge in [0.05, 0.1) is 19.3 Å². The highest BCUT2D eigenvalue weighted by Crippen LogP contribution is 2.16. The number of aromatic nitrogens is 5. The zero-order valence-corrected chi connectivity index (χ0v) is 11.9. The van der Waals surface area contributed by atoms with E-state index in [2.05, 4.69) is 26.3 Å². The fraction of sp³-hybridized carbons (Fsp3) is 0.615. The molecule has 2 aromatic heterocycles. The molecule has 0 radical (unpaired) electrons. The minimum Gasteiger partial charge on any atom is -0.384 e. The molecule has 0 saturated carbocycles. The van der Waals surface area contributed by atoms with Gasteiger partial charge >= 0.3 is 0 Å². The Morgan fingerprint density at radius 2 is 2.25 bits per heavy atom. The maximum absolute atomic E-state index is 5.33. The van der Waals surface area contributed by atoms with E-state index in [4.69, 9.17) is 4.74 Å². The maximum Gasteiger partial charge on any atom is 0.141 e. The fourth-order valence-electron chi connectivity index (χ4n) is 2.77. The van der Waals surface area contributed by atoms with Crippen molar-refractivity contribution in [1.29, 1.82) is 0 Å². The quantitative estimate of drug-likeness (QED) is 0.803. The van der Waals surface area contributed by atoms with Gasteiger partial charge in [0, 0.05) is 51.5 Å².